The summed E-state index contributed by atoms with van der Waals surface area (Å²) in [6.07, 6.45) is 1.47. The van der Waals surface area contributed by atoms with Crippen molar-refractivity contribution in [1.82, 2.24) is 10.6 Å². The molecule has 138 valence electrons. The highest BCUT2D eigenvalue weighted by molar-refractivity contribution is 5.65. The van der Waals surface area contributed by atoms with Gasteiger partial charge in [0.05, 0.1) is 7.11 Å². The van der Waals surface area contributed by atoms with Gasteiger partial charge in [0.25, 0.3) is 0 Å². The lowest BCUT2D eigenvalue weighted by molar-refractivity contribution is 0.168. The van der Waals surface area contributed by atoms with Gasteiger partial charge in [-0.25, -0.2) is 4.79 Å². The van der Waals surface area contributed by atoms with Crippen molar-refractivity contribution in [3.8, 4) is 5.75 Å². The van der Waals surface area contributed by atoms with E-state index in [4.69, 9.17) is 4.74 Å². The van der Waals surface area contributed by atoms with Gasteiger partial charge in [0, 0.05) is 11.5 Å². The maximum atomic E-state index is 11.6. The summed E-state index contributed by atoms with van der Waals surface area (Å²) in [7, 11) is 1.64. The summed E-state index contributed by atoms with van der Waals surface area (Å²) in [5.74, 6) is 0.802. The largest absolute Gasteiger partial charge is 0.497 e. The number of methoxy groups -OCH3 is 1. The van der Waals surface area contributed by atoms with E-state index < -0.39 is 6.09 Å². The van der Waals surface area contributed by atoms with Crippen LogP contribution in [0.1, 0.15) is 24.0 Å². The van der Waals surface area contributed by atoms with E-state index in [1.807, 2.05) is 42.5 Å². The van der Waals surface area contributed by atoms with Crippen molar-refractivity contribution in [1.29, 1.82) is 0 Å². The zero-order valence-electron chi connectivity index (χ0n) is 15.1. The quantitative estimate of drug-likeness (QED) is 0.745. The average Bonchev–Trinajstić information content (AvgIpc) is 2.69. The second-order valence-electron chi connectivity index (χ2n) is 6.83. The maximum absolute atomic E-state index is 11.6. The molecule has 0 aromatic heterocycles. The molecule has 1 aliphatic heterocycles. The maximum Gasteiger partial charge on any atom is 0.404 e. The molecule has 1 heterocycles. The molecule has 1 fully saturated rings. The SMILES string of the molecule is COc1ccc(CC(NC(=O)O)C2(c3ccccc3)CCNCC2)cc1. The van der Waals surface area contributed by atoms with Gasteiger partial charge in [-0.2, -0.15) is 0 Å². The van der Waals surface area contributed by atoms with E-state index in [0.29, 0.717) is 6.42 Å². The average molecular weight is 354 g/mol. The highest BCUT2D eigenvalue weighted by Gasteiger charge is 2.42. The lowest BCUT2D eigenvalue weighted by Gasteiger charge is -2.44. The number of benzene rings is 2. The van der Waals surface area contributed by atoms with Crippen LogP contribution in [0.2, 0.25) is 0 Å². The van der Waals surface area contributed by atoms with E-state index >= 15 is 0 Å². The molecular weight excluding hydrogens is 328 g/mol. The Morgan fingerprint density at radius 1 is 1.15 bits per heavy atom. The normalized spacial score (nSPS) is 17.3. The molecule has 1 amide bonds. The molecule has 3 rings (SSSR count). The molecule has 0 saturated carbocycles. The van der Waals surface area contributed by atoms with Crippen molar-refractivity contribution in [2.75, 3.05) is 20.2 Å². The first-order chi connectivity index (χ1) is 12.6. The van der Waals surface area contributed by atoms with Crippen LogP contribution in [0.15, 0.2) is 54.6 Å². The molecule has 1 aliphatic rings. The highest BCUT2D eigenvalue weighted by Crippen LogP contribution is 2.38. The van der Waals surface area contributed by atoms with Crippen LogP contribution in [0.5, 0.6) is 5.75 Å². The van der Waals surface area contributed by atoms with Crippen LogP contribution < -0.4 is 15.4 Å². The fourth-order valence-corrected chi connectivity index (χ4v) is 4.01. The van der Waals surface area contributed by atoms with Gasteiger partial charge in [0.15, 0.2) is 0 Å². The molecule has 1 saturated heterocycles. The van der Waals surface area contributed by atoms with E-state index in [1.165, 1.54) is 5.56 Å². The Morgan fingerprint density at radius 2 is 1.81 bits per heavy atom. The minimum Gasteiger partial charge on any atom is -0.497 e. The van der Waals surface area contributed by atoms with Crippen LogP contribution in [-0.4, -0.2) is 37.4 Å². The lowest BCUT2D eigenvalue weighted by Crippen LogP contribution is -2.55. The van der Waals surface area contributed by atoms with E-state index in [-0.39, 0.29) is 11.5 Å². The number of hydrogen-bond acceptors (Lipinski definition) is 3. The molecule has 0 bridgehead atoms. The smallest absolute Gasteiger partial charge is 0.404 e. The molecule has 26 heavy (non-hydrogen) atoms. The van der Waals surface area contributed by atoms with Gasteiger partial charge >= 0.3 is 6.09 Å². The Kier molecular flexibility index (Phi) is 5.78. The summed E-state index contributed by atoms with van der Waals surface area (Å²) in [6.45, 7) is 1.77. The Labute approximate surface area is 154 Å². The van der Waals surface area contributed by atoms with Crippen LogP contribution in [0.4, 0.5) is 4.79 Å². The van der Waals surface area contributed by atoms with Crippen LogP contribution >= 0.6 is 0 Å². The Morgan fingerprint density at radius 3 is 2.38 bits per heavy atom. The fourth-order valence-electron chi connectivity index (χ4n) is 4.01. The third-order valence-electron chi connectivity index (χ3n) is 5.41. The summed E-state index contributed by atoms with van der Waals surface area (Å²) in [5.41, 5.74) is 2.08. The number of nitrogens with one attached hydrogen (secondary N) is 2. The molecule has 3 N–H and O–H groups in total. The number of hydrogen-bond donors (Lipinski definition) is 3. The van der Waals surface area contributed by atoms with E-state index in [2.05, 4.69) is 22.8 Å². The Balaban J connectivity index is 1.95. The van der Waals surface area contributed by atoms with Gasteiger partial charge < -0.3 is 20.5 Å². The predicted molar refractivity (Wildman–Crippen MR) is 102 cm³/mol. The summed E-state index contributed by atoms with van der Waals surface area (Å²) in [5, 5.41) is 15.7. The number of rotatable bonds is 6. The van der Waals surface area contributed by atoms with Crippen molar-refractivity contribution in [3.05, 3.63) is 65.7 Å². The van der Waals surface area contributed by atoms with Crippen molar-refractivity contribution in [2.45, 2.75) is 30.7 Å². The third-order valence-corrected chi connectivity index (χ3v) is 5.41. The van der Waals surface area contributed by atoms with Crippen molar-refractivity contribution in [2.24, 2.45) is 0 Å². The molecular formula is C21H26N2O3. The fraction of sp³-hybridized carbons (Fsp3) is 0.381. The van der Waals surface area contributed by atoms with Crippen LogP contribution in [0.3, 0.4) is 0 Å². The van der Waals surface area contributed by atoms with Crippen LogP contribution in [0, 0.1) is 0 Å². The molecule has 0 radical (unpaired) electrons. The van der Waals surface area contributed by atoms with Crippen LogP contribution in [-0.2, 0) is 11.8 Å². The summed E-state index contributed by atoms with van der Waals surface area (Å²) in [4.78, 5) is 11.6. The monoisotopic (exact) mass is 354 g/mol. The molecule has 5 heteroatoms. The zero-order chi connectivity index (χ0) is 18.4. The summed E-state index contributed by atoms with van der Waals surface area (Å²) in [6, 6.07) is 18.0. The van der Waals surface area contributed by atoms with Crippen molar-refractivity contribution in [3.63, 3.8) is 0 Å². The van der Waals surface area contributed by atoms with Gasteiger partial charge in [-0.1, -0.05) is 42.5 Å². The van der Waals surface area contributed by atoms with Gasteiger partial charge in [-0.15, -0.1) is 0 Å². The second-order valence-corrected chi connectivity index (χ2v) is 6.83. The highest BCUT2D eigenvalue weighted by atomic mass is 16.5. The van der Waals surface area contributed by atoms with Gasteiger partial charge in [-0.3, -0.25) is 0 Å². The minimum absolute atomic E-state index is 0.196. The zero-order valence-corrected chi connectivity index (χ0v) is 15.1. The predicted octanol–water partition coefficient (Wildman–Crippen LogP) is 3.20. The van der Waals surface area contributed by atoms with E-state index in [1.54, 1.807) is 7.11 Å². The molecule has 1 unspecified atom stereocenters. The van der Waals surface area contributed by atoms with Crippen molar-refractivity contribution < 1.29 is 14.6 Å². The standard InChI is InChI=1S/C21H26N2O3/c1-26-18-9-7-16(8-10-18)15-19(23-20(24)25)21(11-13-22-14-12-21)17-5-3-2-4-6-17/h2-10,19,22-23H,11-15H2,1H3,(H,24,25). The Hall–Kier alpha value is -2.53. The number of ether oxygens (including phenoxy) is 1. The lowest BCUT2D eigenvalue weighted by atomic mass is 9.66. The Bertz CT molecular complexity index is 710. The first-order valence-electron chi connectivity index (χ1n) is 9.03. The van der Waals surface area contributed by atoms with Gasteiger partial charge in [0.2, 0.25) is 0 Å². The molecule has 2 aromatic carbocycles. The topological polar surface area (TPSA) is 70.6 Å². The number of piperidine rings is 1. The summed E-state index contributed by atoms with van der Waals surface area (Å²) >= 11 is 0. The number of carboxylic acid groups (broad SMARTS) is 1. The molecule has 0 aliphatic carbocycles. The molecule has 2 aromatic rings. The molecule has 5 nitrogen and oxygen atoms in total. The molecule has 0 spiro atoms. The van der Waals surface area contributed by atoms with E-state index in [0.717, 1.165) is 37.2 Å². The molecule has 1 atom stereocenters. The minimum atomic E-state index is -0.975. The second kappa shape index (κ2) is 8.23. The van der Waals surface area contributed by atoms with Gasteiger partial charge in [-0.05, 0) is 55.6 Å². The van der Waals surface area contributed by atoms with Crippen molar-refractivity contribution >= 4 is 6.09 Å². The van der Waals surface area contributed by atoms with Gasteiger partial charge in [0.1, 0.15) is 5.75 Å². The first kappa shape index (κ1) is 18.3. The van der Waals surface area contributed by atoms with Crippen LogP contribution in [0.25, 0.3) is 0 Å². The third kappa shape index (κ3) is 3.99. The number of carbonyl (C=O) groups is 1. The van der Waals surface area contributed by atoms with E-state index in [9.17, 15) is 9.90 Å². The summed E-state index contributed by atoms with van der Waals surface area (Å²) < 4.78 is 5.23. The number of amides is 1. The first-order valence-corrected chi connectivity index (χ1v) is 9.03.